The van der Waals surface area contributed by atoms with E-state index in [1.54, 1.807) is 36.1 Å². The fourth-order valence-corrected chi connectivity index (χ4v) is 6.18. The maximum atomic E-state index is 13.7. The van der Waals surface area contributed by atoms with Gasteiger partial charge in [0.25, 0.3) is 0 Å². The van der Waals surface area contributed by atoms with Crippen molar-refractivity contribution in [1.29, 1.82) is 0 Å². The molecule has 3 aliphatic rings. The van der Waals surface area contributed by atoms with E-state index in [1.807, 2.05) is 0 Å². The lowest BCUT2D eigenvalue weighted by molar-refractivity contribution is -0.185. The summed E-state index contributed by atoms with van der Waals surface area (Å²) in [7, 11) is 1.54. The Morgan fingerprint density at radius 2 is 1.58 bits per heavy atom. The molecule has 3 amide bonds. The summed E-state index contributed by atoms with van der Waals surface area (Å²) in [5, 5.41) is 8.24. The number of nitrogens with one attached hydrogen (secondary N) is 3. The maximum absolute atomic E-state index is 13.7. The van der Waals surface area contributed by atoms with Gasteiger partial charge in [-0.3, -0.25) is 24.1 Å². The summed E-state index contributed by atoms with van der Waals surface area (Å²) >= 11 is 0. The van der Waals surface area contributed by atoms with Crippen LogP contribution in [-0.4, -0.2) is 91.7 Å². The fraction of sp³-hybridized carbons (Fsp3) is 0.688. The minimum Gasteiger partial charge on any atom is -0.497 e. The first-order valence-corrected chi connectivity index (χ1v) is 15.8. The molecule has 0 aromatic heterocycles. The van der Waals surface area contributed by atoms with Crippen molar-refractivity contribution in [2.75, 3.05) is 33.4 Å². The number of halogens is 3. The van der Waals surface area contributed by atoms with E-state index in [-0.39, 0.29) is 44.7 Å². The highest BCUT2D eigenvalue weighted by Gasteiger charge is 2.50. The summed E-state index contributed by atoms with van der Waals surface area (Å²) in [6.07, 6.45) is 0.352. The van der Waals surface area contributed by atoms with Gasteiger partial charge in [-0.25, -0.2) is 0 Å². The lowest BCUT2D eigenvalue weighted by Gasteiger charge is -2.32. The summed E-state index contributed by atoms with van der Waals surface area (Å²) in [6.45, 7) is 3.61. The van der Waals surface area contributed by atoms with Crippen LogP contribution in [0.3, 0.4) is 0 Å². The molecule has 4 rings (SSSR count). The number of hydrogen-bond acceptors (Lipinski definition) is 7. The monoisotopic (exact) mass is 638 g/mol. The van der Waals surface area contributed by atoms with Crippen LogP contribution in [0, 0.1) is 11.8 Å². The van der Waals surface area contributed by atoms with Gasteiger partial charge in [-0.05, 0) is 69.8 Å². The smallest absolute Gasteiger partial charge is 0.391 e. The van der Waals surface area contributed by atoms with Gasteiger partial charge in [0, 0.05) is 6.42 Å². The molecule has 2 heterocycles. The van der Waals surface area contributed by atoms with Gasteiger partial charge in [-0.2, -0.15) is 13.2 Å². The van der Waals surface area contributed by atoms with Crippen molar-refractivity contribution in [3.05, 3.63) is 29.8 Å². The van der Waals surface area contributed by atoms with Gasteiger partial charge in [0.1, 0.15) is 23.4 Å². The number of methoxy groups -OCH3 is 1. The number of nitrogens with zero attached hydrogens (tertiary/aromatic N) is 1. The molecule has 0 bridgehead atoms. The third kappa shape index (κ3) is 9.90. The van der Waals surface area contributed by atoms with Gasteiger partial charge < -0.3 is 25.4 Å². The molecule has 13 heteroatoms. The summed E-state index contributed by atoms with van der Waals surface area (Å²) < 4.78 is 49.6. The zero-order chi connectivity index (χ0) is 32.8. The number of amides is 3. The van der Waals surface area contributed by atoms with Gasteiger partial charge in [0.2, 0.25) is 17.7 Å². The molecule has 1 aromatic carbocycles. The van der Waals surface area contributed by atoms with Crippen molar-refractivity contribution in [2.24, 2.45) is 11.8 Å². The Hall–Kier alpha value is -3.19. The van der Waals surface area contributed by atoms with Gasteiger partial charge in [0.15, 0.2) is 5.78 Å². The Bertz CT molecular complexity index is 1190. The lowest BCUT2D eigenvalue weighted by atomic mass is 9.90. The Kier molecular flexibility index (Phi) is 11.5. The molecular weight excluding hydrogens is 593 g/mol. The predicted molar refractivity (Wildman–Crippen MR) is 159 cm³/mol. The number of carbonyl (C=O) groups excluding carboxylic acids is 4. The van der Waals surface area contributed by atoms with E-state index < -0.39 is 53.5 Å². The zero-order valence-corrected chi connectivity index (χ0v) is 26.2. The normalized spacial score (nSPS) is 23.1. The van der Waals surface area contributed by atoms with Crippen molar-refractivity contribution in [3.8, 4) is 5.75 Å². The summed E-state index contributed by atoms with van der Waals surface area (Å²) in [5.41, 5.74) is -0.183. The average Bonchev–Trinajstić information content (AvgIpc) is 3.54. The minimum absolute atomic E-state index is 0.0789. The molecule has 3 N–H and O–H groups in total. The Labute approximate surface area is 262 Å². The van der Waals surface area contributed by atoms with Gasteiger partial charge in [-0.1, -0.05) is 37.8 Å². The van der Waals surface area contributed by atoms with Crippen LogP contribution in [0.1, 0.15) is 64.4 Å². The highest BCUT2D eigenvalue weighted by molar-refractivity contribution is 5.98. The maximum Gasteiger partial charge on any atom is 0.391 e. The van der Waals surface area contributed by atoms with Crippen molar-refractivity contribution in [1.82, 2.24) is 20.9 Å². The van der Waals surface area contributed by atoms with E-state index in [2.05, 4.69) is 16.0 Å². The van der Waals surface area contributed by atoms with E-state index in [4.69, 9.17) is 9.47 Å². The number of rotatable bonds is 14. The minimum atomic E-state index is -4.25. The van der Waals surface area contributed by atoms with Gasteiger partial charge >= 0.3 is 6.18 Å². The molecule has 10 nitrogen and oxygen atoms in total. The van der Waals surface area contributed by atoms with Crippen molar-refractivity contribution in [3.63, 3.8) is 0 Å². The van der Waals surface area contributed by atoms with Crippen LogP contribution in [0.15, 0.2) is 24.3 Å². The second kappa shape index (κ2) is 14.9. The lowest BCUT2D eigenvalue weighted by Crippen LogP contribution is -2.57. The van der Waals surface area contributed by atoms with Gasteiger partial charge in [0.05, 0.1) is 32.2 Å². The largest absolute Gasteiger partial charge is 0.497 e. The summed E-state index contributed by atoms with van der Waals surface area (Å²) in [5.74, 6) is -2.25. The van der Waals surface area contributed by atoms with E-state index in [0.29, 0.717) is 24.7 Å². The number of alkyl halides is 3. The van der Waals surface area contributed by atoms with E-state index in [1.165, 1.54) is 14.0 Å². The SMILES string of the molecule is COc1ccc(C[C@H](NC(=O)[C@H](C)NC(=O)CN2CCC(C(F)(F)F)CC2)C(=O)N[C@@H](CC2CCCC2)C(=O)[C@@]2(C)CO2)cc1. The number of likely N-dealkylation sites (tertiary alicyclic amines) is 1. The number of ketones is 1. The van der Waals surface area contributed by atoms with Crippen LogP contribution >= 0.6 is 0 Å². The molecule has 45 heavy (non-hydrogen) atoms. The van der Waals surface area contributed by atoms with E-state index >= 15 is 0 Å². The average molecular weight is 639 g/mol. The summed E-state index contributed by atoms with van der Waals surface area (Å²) in [6, 6.07) is 4.19. The number of carbonyl (C=O) groups is 4. The number of benzene rings is 1. The van der Waals surface area contributed by atoms with Crippen LogP contribution in [0.25, 0.3) is 0 Å². The van der Waals surface area contributed by atoms with Gasteiger partial charge in [-0.15, -0.1) is 0 Å². The highest BCUT2D eigenvalue weighted by Crippen LogP contribution is 2.35. The third-order valence-electron chi connectivity index (χ3n) is 9.20. The molecule has 2 saturated heterocycles. The molecule has 0 radical (unpaired) electrons. The number of epoxide rings is 1. The Morgan fingerprint density at radius 1 is 0.978 bits per heavy atom. The topological polar surface area (TPSA) is 129 Å². The number of ether oxygens (including phenoxy) is 2. The quantitative estimate of drug-likeness (QED) is 0.267. The van der Waals surface area contributed by atoms with Crippen LogP contribution in [-0.2, 0) is 30.3 Å². The van der Waals surface area contributed by atoms with E-state index in [0.717, 1.165) is 31.2 Å². The molecule has 3 fully saturated rings. The molecule has 0 unspecified atom stereocenters. The zero-order valence-electron chi connectivity index (χ0n) is 26.2. The third-order valence-corrected chi connectivity index (χ3v) is 9.20. The second-order valence-electron chi connectivity index (χ2n) is 12.8. The number of hydrogen-bond donors (Lipinski definition) is 3. The predicted octanol–water partition coefficient (Wildman–Crippen LogP) is 2.92. The summed E-state index contributed by atoms with van der Waals surface area (Å²) in [4.78, 5) is 54.6. The number of Topliss-reactive ketones (excluding diaryl/α,β-unsaturated/α-hetero) is 1. The molecule has 1 aromatic rings. The highest BCUT2D eigenvalue weighted by atomic mass is 19.4. The first kappa shape index (κ1) is 34.7. The molecule has 4 atom stereocenters. The van der Waals surface area contributed by atoms with Crippen LogP contribution in [0.5, 0.6) is 5.75 Å². The van der Waals surface area contributed by atoms with Crippen LogP contribution < -0.4 is 20.7 Å². The van der Waals surface area contributed by atoms with Crippen molar-refractivity contribution in [2.45, 2.75) is 95.1 Å². The van der Waals surface area contributed by atoms with Crippen molar-refractivity contribution >= 4 is 23.5 Å². The second-order valence-corrected chi connectivity index (χ2v) is 12.8. The van der Waals surface area contributed by atoms with E-state index in [9.17, 15) is 32.3 Å². The Morgan fingerprint density at radius 3 is 2.13 bits per heavy atom. The van der Waals surface area contributed by atoms with Crippen LogP contribution in [0.2, 0.25) is 0 Å². The number of piperidine rings is 1. The Balaban J connectivity index is 1.39. The first-order chi connectivity index (χ1) is 21.3. The molecule has 250 valence electrons. The molecule has 1 saturated carbocycles. The molecule has 2 aliphatic heterocycles. The molecular formula is C32H45F3N4O6. The standard InChI is InChI=1S/C32H45F3N4O6/c1-20(36-27(40)18-39-14-12-23(13-15-39)32(33,34)35)29(42)38-26(17-22-8-10-24(44-3)11-9-22)30(43)37-25(16-21-6-4-5-7-21)28(41)31(2)19-45-31/h8-11,20-21,23,25-26H,4-7,12-19H2,1-3H3,(H,36,40)(H,37,43)(H,38,42)/t20-,25-,26-,31+/m0/s1. The van der Waals surface area contributed by atoms with Crippen LogP contribution in [0.4, 0.5) is 13.2 Å². The molecule has 0 spiro atoms. The fourth-order valence-electron chi connectivity index (χ4n) is 6.18. The first-order valence-electron chi connectivity index (χ1n) is 15.8. The molecule has 1 aliphatic carbocycles. The van der Waals surface area contributed by atoms with Crippen molar-refractivity contribution < 1.29 is 41.8 Å².